The Labute approximate surface area is 227 Å². The summed E-state index contributed by atoms with van der Waals surface area (Å²) >= 11 is 14.6. The monoisotopic (exact) mass is 552 g/mol. The topological polar surface area (TPSA) is 42.0 Å². The molecule has 0 atom stereocenters. The lowest BCUT2D eigenvalue weighted by Crippen LogP contribution is -2.10. The Bertz CT molecular complexity index is 1360. The van der Waals surface area contributed by atoms with Crippen LogP contribution in [0, 0.1) is 0 Å². The van der Waals surface area contributed by atoms with Crippen LogP contribution in [-0.4, -0.2) is 4.98 Å². The number of rotatable bonds is 7. The molecule has 0 radical (unpaired) electrons. The van der Waals surface area contributed by atoms with Crippen LogP contribution in [0.2, 0.25) is 0 Å². The molecule has 0 amide bonds. The zero-order chi connectivity index (χ0) is 25.8. The number of anilines is 1. The van der Waals surface area contributed by atoms with E-state index in [1.807, 2.05) is 66.0 Å². The molecule has 3 aromatic carbocycles. The van der Waals surface area contributed by atoms with E-state index in [2.05, 4.69) is 50.1 Å². The minimum absolute atomic E-state index is 0.0780. The number of nitrogens with zero attached hydrogens (tertiary/aromatic N) is 1. The van der Waals surface area contributed by atoms with Gasteiger partial charge in [-0.1, -0.05) is 129 Å². The van der Waals surface area contributed by atoms with Gasteiger partial charge >= 0.3 is 0 Å². The predicted molar refractivity (Wildman–Crippen MR) is 158 cm³/mol. The summed E-state index contributed by atoms with van der Waals surface area (Å²) in [5, 5.41) is 6.34. The number of thiazole rings is 1. The van der Waals surface area contributed by atoms with Crippen molar-refractivity contribution in [2.75, 3.05) is 5.09 Å². The molecule has 0 aliphatic heterocycles. The summed E-state index contributed by atoms with van der Waals surface area (Å²) in [5.74, 6) is 3.07. The summed E-state index contributed by atoms with van der Waals surface area (Å²) in [4.78, 5) is 4.71. The van der Waals surface area contributed by atoms with Crippen LogP contribution in [-0.2, 0) is 9.98 Å². The van der Waals surface area contributed by atoms with Gasteiger partial charge in [0.05, 0.1) is 15.8 Å². The van der Waals surface area contributed by atoms with Gasteiger partial charge in [0.15, 0.2) is 5.13 Å². The lowest BCUT2D eigenvalue weighted by atomic mass is 9.86. The summed E-state index contributed by atoms with van der Waals surface area (Å²) in [7, 11) is -3.38. The third-order valence-corrected chi connectivity index (χ3v) is 9.24. The van der Waals surface area contributed by atoms with Crippen LogP contribution in [0.3, 0.4) is 0 Å². The van der Waals surface area contributed by atoms with E-state index >= 15 is 0 Å². The summed E-state index contributed by atoms with van der Waals surface area (Å²) in [6.07, 6.45) is 0. The highest BCUT2D eigenvalue weighted by atomic mass is 35.5. The molecule has 3 nitrogen and oxygen atoms in total. The molecule has 0 aliphatic rings. The second-order valence-corrected chi connectivity index (χ2v) is 13.2. The van der Waals surface area contributed by atoms with Crippen LogP contribution in [0.25, 0.3) is 21.3 Å². The number of hydrogen-bond donors (Lipinski definition) is 1. The minimum atomic E-state index is -3.38. The first kappa shape index (κ1) is 26.4. The highest BCUT2D eigenvalue weighted by Crippen LogP contribution is 2.54. The molecule has 0 saturated heterocycles. The van der Waals surface area contributed by atoms with E-state index in [0.717, 1.165) is 22.4 Å². The van der Waals surface area contributed by atoms with E-state index in [1.165, 1.54) is 28.5 Å². The van der Waals surface area contributed by atoms with Gasteiger partial charge in [-0.15, -0.1) is 11.3 Å². The molecular formula is C29H27Cl2N2OPS. The fourth-order valence-corrected chi connectivity index (χ4v) is 7.38. The minimum Gasteiger partial charge on any atom is -0.306 e. The molecule has 0 aliphatic carbocycles. The van der Waals surface area contributed by atoms with Crippen molar-refractivity contribution in [1.29, 1.82) is 0 Å². The van der Waals surface area contributed by atoms with Crippen LogP contribution < -0.4 is 5.09 Å². The summed E-state index contributed by atoms with van der Waals surface area (Å²) < 4.78 is 14.2. The van der Waals surface area contributed by atoms with E-state index in [9.17, 15) is 4.57 Å². The van der Waals surface area contributed by atoms with Crippen molar-refractivity contribution in [2.24, 2.45) is 0 Å². The zero-order valence-corrected chi connectivity index (χ0v) is 23.5. The van der Waals surface area contributed by atoms with E-state index in [4.69, 9.17) is 28.2 Å². The van der Waals surface area contributed by atoms with Crippen LogP contribution in [0.5, 0.6) is 0 Å². The lowest BCUT2D eigenvalue weighted by molar-refractivity contribution is 0.589. The quantitative estimate of drug-likeness (QED) is 0.232. The molecule has 0 bridgehead atoms. The summed E-state index contributed by atoms with van der Waals surface area (Å²) in [5.41, 5.74) is 4.68. The van der Waals surface area contributed by atoms with E-state index in [-0.39, 0.29) is 5.41 Å². The van der Waals surface area contributed by atoms with Crippen LogP contribution >= 0.6 is 41.8 Å². The Balaban J connectivity index is 1.67. The maximum absolute atomic E-state index is 14.2. The smallest absolute Gasteiger partial charge is 0.217 e. The van der Waals surface area contributed by atoms with Crippen LogP contribution in [0.4, 0.5) is 5.13 Å². The molecule has 1 heterocycles. The van der Waals surface area contributed by atoms with Crippen molar-refractivity contribution in [1.82, 2.24) is 4.98 Å². The summed E-state index contributed by atoms with van der Waals surface area (Å²) in [6, 6.07) is 27.2. The van der Waals surface area contributed by atoms with Gasteiger partial charge in [0.25, 0.3) is 0 Å². The standard InChI is InChI=1S/C29H27Cl2N2OPS/c1-29(2,3)24-16-14-23(15-17-24)27-20-36-28(32-27)33-35(34,18-25(30)21-10-6-4-7-11-21)19-26(31)22-12-8-5-9-13-22/h4-20H,1-3H3,(H,32,33,34)/b25-18-,26-19-. The second-order valence-electron chi connectivity index (χ2n) is 9.37. The molecule has 4 rings (SSSR count). The second kappa shape index (κ2) is 11.2. The molecule has 36 heavy (non-hydrogen) atoms. The first-order chi connectivity index (χ1) is 17.1. The number of nitrogens with one attached hydrogen (secondary N) is 1. The van der Waals surface area contributed by atoms with E-state index in [0.29, 0.717) is 15.2 Å². The van der Waals surface area contributed by atoms with E-state index in [1.54, 1.807) is 0 Å². The van der Waals surface area contributed by atoms with Crippen molar-refractivity contribution in [2.45, 2.75) is 26.2 Å². The molecule has 0 saturated carbocycles. The molecule has 0 unspecified atom stereocenters. The Morgan fingerprint density at radius 2 is 1.33 bits per heavy atom. The average molecular weight is 553 g/mol. The van der Waals surface area contributed by atoms with Gasteiger partial charge < -0.3 is 5.09 Å². The van der Waals surface area contributed by atoms with Gasteiger partial charge in [-0.05, 0) is 22.1 Å². The molecule has 4 aromatic rings. The van der Waals surface area contributed by atoms with Gasteiger partial charge in [0.2, 0.25) is 7.29 Å². The van der Waals surface area contributed by atoms with Crippen molar-refractivity contribution < 1.29 is 4.57 Å². The molecule has 0 fully saturated rings. The Morgan fingerprint density at radius 3 is 1.81 bits per heavy atom. The van der Waals surface area contributed by atoms with Crippen LogP contribution in [0.1, 0.15) is 37.5 Å². The first-order valence-electron chi connectivity index (χ1n) is 11.4. The molecule has 1 N–H and O–H groups in total. The van der Waals surface area contributed by atoms with Gasteiger partial charge in [0.1, 0.15) is 0 Å². The Hall–Kier alpha value is -2.62. The SMILES string of the molecule is CC(C)(C)c1ccc(-c2csc(NP(=O)(/C=C(\Cl)c3ccccc3)/C=C(\Cl)c3ccccc3)n2)cc1. The largest absolute Gasteiger partial charge is 0.306 e. The first-order valence-corrected chi connectivity index (χ1v) is 14.9. The van der Waals surface area contributed by atoms with Gasteiger partial charge in [-0.3, -0.25) is 4.57 Å². The third kappa shape index (κ3) is 6.78. The normalized spacial score (nSPS) is 13.0. The van der Waals surface area contributed by atoms with Crippen molar-refractivity contribution >= 4 is 57.0 Å². The number of aromatic nitrogens is 1. The lowest BCUT2D eigenvalue weighted by Gasteiger charge is -2.18. The van der Waals surface area contributed by atoms with Crippen molar-refractivity contribution in [3.8, 4) is 11.3 Å². The predicted octanol–water partition coefficient (Wildman–Crippen LogP) is 10.3. The zero-order valence-electron chi connectivity index (χ0n) is 20.3. The number of halogens is 2. The highest BCUT2D eigenvalue weighted by Gasteiger charge is 2.22. The maximum atomic E-state index is 14.2. The average Bonchev–Trinajstić information content (AvgIpc) is 3.32. The fourth-order valence-electron chi connectivity index (χ4n) is 3.53. The third-order valence-electron chi connectivity index (χ3n) is 5.53. The Morgan fingerprint density at radius 1 is 0.833 bits per heavy atom. The van der Waals surface area contributed by atoms with Gasteiger partial charge in [-0.25, -0.2) is 4.98 Å². The van der Waals surface area contributed by atoms with Crippen LogP contribution in [0.15, 0.2) is 102 Å². The molecule has 7 heteroatoms. The van der Waals surface area contributed by atoms with E-state index < -0.39 is 7.29 Å². The van der Waals surface area contributed by atoms with Gasteiger partial charge in [0, 0.05) is 22.6 Å². The number of benzene rings is 3. The van der Waals surface area contributed by atoms with Gasteiger partial charge in [-0.2, -0.15) is 0 Å². The summed E-state index contributed by atoms with van der Waals surface area (Å²) in [6.45, 7) is 6.56. The highest BCUT2D eigenvalue weighted by molar-refractivity contribution is 7.72. The molecular weight excluding hydrogens is 526 g/mol. The molecule has 1 aromatic heterocycles. The number of hydrogen-bond acceptors (Lipinski definition) is 3. The fraction of sp³-hybridized carbons (Fsp3) is 0.138. The maximum Gasteiger partial charge on any atom is 0.217 e. The van der Waals surface area contributed by atoms with Crippen molar-refractivity contribution in [3.63, 3.8) is 0 Å². The van der Waals surface area contributed by atoms with Crippen molar-refractivity contribution in [3.05, 3.63) is 119 Å². The Kier molecular flexibility index (Phi) is 8.22. The molecule has 0 spiro atoms. The molecule has 184 valence electrons.